The van der Waals surface area contributed by atoms with Gasteiger partial charge in [0.1, 0.15) is 0 Å². The summed E-state index contributed by atoms with van der Waals surface area (Å²) < 4.78 is 0. The minimum absolute atomic E-state index is 0.153. The van der Waals surface area contributed by atoms with Crippen LogP contribution < -0.4 is 0 Å². The lowest BCUT2D eigenvalue weighted by Gasteiger charge is -2.43. The first-order valence-electron chi connectivity index (χ1n) is 4.13. The lowest BCUT2D eigenvalue weighted by atomic mass is 9.94. The molecule has 0 N–H and O–H groups in total. The third-order valence-electron chi connectivity index (χ3n) is 2.75. The summed E-state index contributed by atoms with van der Waals surface area (Å²) >= 11 is 0. The number of fused-ring (bicyclic) bond motifs is 1. The van der Waals surface area contributed by atoms with E-state index in [9.17, 15) is 10.4 Å². The maximum atomic E-state index is 11.1. The fourth-order valence-corrected chi connectivity index (χ4v) is 2.11. The Morgan fingerprint density at radius 3 is 2.73 bits per heavy atom. The third kappa shape index (κ3) is 1.27. The van der Waals surface area contributed by atoms with Crippen molar-refractivity contribution in [3.05, 3.63) is 10.4 Å². The topological polar surface area (TPSA) is 52.6 Å². The lowest BCUT2D eigenvalue weighted by molar-refractivity contribution is 0.171. The van der Waals surface area contributed by atoms with Crippen LogP contribution in [-0.2, 0) is 0 Å². The summed E-state index contributed by atoms with van der Waals surface area (Å²) in [5, 5.41) is 24.3. The summed E-state index contributed by atoms with van der Waals surface area (Å²) in [5.74, 6) is 0.346. The van der Waals surface area contributed by atoms with Crippen LogP contribution in [-0.4, -0.2) is 35.8 Å². The number of piperidine rings is 1. The second-order valence-electron chi connectivity index (χ2n) is 3.43. The van der Waals surface area contributed by atoms with Crippen LogP contribution >= 0.6 is 0 Å². The van der Waals surface area contributed by atoms with Crippen molar-refractivity contribution >= 4 is 0 Å². The van der Waals surface area contributed by atoms with Crippen molar-refractivity contribution in [2.24, 2.45) is 5.92 Å². The minimum atomic E-state index is 0.153. The largest absolute Gasteiger partial charge is 0.785 e. The van der Waals surface area contributed by atoms with Crippen molar-refractivity contribution in [1.82, 2.24) is 10.1 Å². The molecular weight excluding hydrogens is 144 g/mol. The average molecular weight is 156 g/mol. The molecule has 2 rings (SSSR count). The molecule has 2 aliphatic rings. The van der Waals surface area contributed by atoms with Crippen molar-refractivity contribution in [3.8, 4) is 0 Å². The second kappa shape index (κ2) is 2.71. The van der Waals surface area contributed by atoms with Crippen LogP contribution in [0.4, 0.5) is 0 Å². The van der Waals surface area contributed by atoms with E-state index in [-0.39, 0.29) is 6.04 Å². The number of hydrogen-bond acceptors (Lipinski definition) is 4. The Morgan fingerprint density at radius 1 is 1.09 bits per heavy atom. The van der Waals surface area contributed by atoms with E-state index < -0.39 is 0 Å². The normalized spacial score (nSPS) is 40.9. The van der Waals surface area contributed by atoms with Crippen molar-refractivity contribution in [2.45, 2.75) is 18.9 Å². The van der Waals surface area contributed by atoms with Gasteiger partial charge >= 0.3 is 0 Å². The monoisotopic (exact) mass is 156 g/mol. The van der Waals surface area contributed by atoms with E-state index in [1.807, 2.05) is 0 Å². The van der Waals surface area contributed by atoms with E-state index in [0.717, 1.165) is 23.0 Å². The second-order valence-corrected chi connectivity index (χ2v) is 3.43. The lowest BCUT2D eigenvalue weighted by Crippen LogP contribution is -2.41. The van der Waals surface area contributed by atoms with Crippen LogP contribution in [0.1, 0.15) is 12.8 Å². The molecule has 2 aliphatic heterocycles. The fraction of sp³-hybridized carbons (Fsp3) is 1.00. The number of hydrogen-bond donors (Lipinski definition) is 0. The molecule has 2 unspecified atom stereocenters. The number of hydroxylamine groups is 4. The van der Waals surface area contributed by atoms with Crippen molar-refractivity contribution < 1.29 is 0 Å². The van der Waals surface area contributed by atoms with Gasteiger partial charge in [0.15, 0.2) is 0 Å². The number of nitrogens with zero attached hydrogens (tertiary/aromatic N) is 2. The van der Waals surface area contributed by atoms with Gasteiger partial charge in [-0.15, -0.1) is 0 Å². The highest BCUT2D eigenvalue weighted by Gasteiger charge is 2.31. The SMILES string of the molecule is [O-]N1CCC2C(CCN2[O-])C1. The molecule has 0 aliphatic carbocycles. The molecule has 0 spiro atoms. The van der Waals surface area contributed by atoms with E-state index in [4.69, 9.17) is 0 Å². The molecule has 0 aromatic heterocycles. The average Bonchev–Trinajstić information content (AvgIpc) is 2.32. The predicted molar refractivity (Wildman–Crippen MR) is 41.5 cm³/mol. The van der Waals surface area contributed by atoms with Crippen molar-refractivity contribution in [1.29, 1.82) is 0 Å². The van der Waals surface area contributed by atoms with Gasteiger partial charge in [-0.25, -0.2) is 0 Å². The van der Waals surface area contributed by atoms with Crippen molar-refractivity contribution in [2.75, 3.05) is 19.6 Å². The van der Waals surface area contributed by atoms with Gasteiger partial charge in [0.05, 0.1) is 0 Å². The molecule has 11 heavy (non-hydrogen) atoms. The van der Waals surface area contributed by atoms with Crippen LogP contribution in [0.3, 0.4) is 0 Å². The molecule has 4 nitrogen and oxygen atoms in total. The molecule has 64 valence electrons. The predicted octanol–water partition coefficient (Wildman–Crippen LogP) is 0.378. The van der Waals surface area contributed by atoms with Gasteiger partial charge < -0.3 is 20.5 Å². The van der Waals surface area contributed by atoms with E-state index in [1.54, 1.807) is 0 Å². The van der Waals surface area contributed by atoms with Gasteiger partial charge in [-0.2, -0.15) is 0 Å². The maximum absolute atomic E-state index is 11.1. The molecular formula is C7H12N2O2-2. The van der Waals surface area contributed by atoms with Gasteiger partial charge in [0.2, 0.25) is 0 Å². The zero-order valence-corrected chi connectivity index (χ0v) is 6.40. The standard InChI is InChI=1S/C7H12N2O2/c10-8-3-2-7-6(5-8)1-4-9(7)11/h6-7H,1-5H2/q-2. The van der Waals surface area contributed by atoms with Crippen LogP contribution in [0, 0.1) is 16.3 Å². The molecule has 2 heterocycles. The molecule has 2 fully saturated rings. The smallest absolute Gasteiger partial charge is 0.00270 e. The maximum Gasteiger partial charge on any atom is 0.00270 e. The van der Waals surface area contributed by atoms with Crippen LogP contribution in [0.2, 0.25) is 0 Å². The highest BCUT2D eigenvalue weighted by Crippen LogP contribution is 2.29. The summed E-state index contributed by atoms with van der Waals surface area (Å²) in [6, 6.07) is 0.153. The molecule has 2 atom stereocenters. The molecule has 2 saturated heterocycles. The first-order chi connectivity index (χ1) is 5.27. The highest BCUT2D eigenvalue weighted by atomic mass is 16.5. The zero-order valence-electron chi connectivity index (χ0n) is 6.40. The van der Waals surface area contributed by atoms with Crippen molar-refractivity contribution in [3.63, 3.8) is 0 Å². The van der Waals surface area contributed by atoms with Gasteiger partial charge in [0, 0.05) is 6.04 Å². The molecule has 0 bridgehead atoms. The van der Waals surface area contributed by atoms with E-state index in [1.165, 1.54) is 0 Å². The Labute approximate surface area is 65.9 Å². The first kappa shape index (κ1) is 7.49. The van der Waals surface area contributed by atoms with Gasteiger partial charge in [0.25, 0.3) is 0 Å². The molecule has 0 aromatic rings. The quantitative estimate of drug-likeness (QED) is 0.508. The third-order valence-corrected chi connectivity index (χ3v) is 2.75. The Kier molecular flexibility index (Phi) is 1.85. The van der Waals surface area contributed by atoms with Crippen LogP contribution in [0.5, 0.6) is 0 Å². The fourth-order valence-electron chi connectivity index (χ4n) is 2.11. The first-order valence-corrected chi connectivity index (χ1v) is 4.13. The summed E-state index contributed by atoms with van der Waals surface area (Å²) in [6.07, 6.45) is 1.67. The minimum Gasteiger partial charge on any atom is -0.785 e. The van der Waals surface area contributed by atoms with Crippen LogP contribution in [0.15, 0.2) is 0 Å². The summed E-state index contributed by atoms with van der Waals surface area (Å²) in [4.78, 5) is 0. The molecule has 0 radical (unpaired) electrons. The van der Waals surface area contributed by atoms with Crippen LogP contribution in [0.25, 0.3) is 0 Å². The Hall–Kier alpha value is -0.160. The Bertz CT molecular complexity index is 153. The van der Waals surface area contributed by atoms with Gasteiger partial charge in [-0.05, 0) is 38.4 Å². The Balaban J connectivity index is 2.00. The van der Waals surface area contributed by atoms with E-state index in [0.29, 0.717) is 25.6 Å². The summed E-state index contributed by atoms with van der Waals surface area (Å²) in [7, 11) is 0. The molecule has 0 saturated carbocycles. The number of rotatable bonds is 0. The highest BCUT2D eigenvalue weighted by molar-refractivity contribution is 4.92. The van der Waals surface area contributed by atoms with E-state index in [2.05, 4.69) is 0 Å². The zero-order chi connectivity index (χ0) is 7.84. The van der Waals surface area contributed by atoms with Gasteiger partial charge in [-0.3, -0.25) is 0 Å². The Morgan fingerprint density at radius 2 is 1.91 bits per heavy atom. The summed E-state index contributed by atoms with van der Waals surface area (Å²) in [5.41, 5.74) is 0. The van der Waals surface area contributed by atoms with E-state index >= 15 is 0 Å². The molecule has 4 heteroatoms. The molecule has 0 aromatic carbocycles. The summed E-state index contributed by atoms with van der Waals surface area (Å²) in [6.45, 7) is 1.74. The van der Waals surface area contributed by atoms with Gasteiger partial charge in [-0.1, -0.05) is 0 Å². The molecule has 0 amide bonds.